The van der Waals surface area contributed by atoms with Crippen molar-refractivity contribution in [1.82, 2.24) is 0 Å². The zero-order chi connectivity index (χ0) is 13.3. The summed E-state index contributed by atoms with van der Waals surface area (Å²) in [5.74, 6) is 0. The fourth-order valence-electron chi connectivity index (χ4n) is 2.04. The van der Waals surface area contributed by atoms with Crippen molar-refractivity contribution in [3.05, 3.63) is 29.3 Å². The highest BCUT2D eigenvalue weighted by atomic mass is 19.4. The summed E-state index contributed by atoms with van der Waals surface area (Å²) in [6.45, 7) is 0.841. The zero-order valence-electron chi connectivity index (χ0n) is 9.41. The third-order valence-electron chi connectivity index (χ3n) is 2.96. The van der Waals surface area contributed by atoms with Crippen LogP contribution in [0.3, 0.4) is 0 Å². The number of hydrogen-bond acceptors (Lipinski definition) is 3. The summed E-state index contributed by atoms with van der Waals surface area (Å²) in [4.78, 5) is 1.68. The molecular weight excluding hydrogens is 245 g/mol. The smallest absolute Gasteiger partial charge is 0.391 e. The summed E-state index contributed by atoms with van der Waals surface area (Å²) in [6.07, 6.45) is -4.50. The Kier molecular flexibility index (Phi) is 3.18. The second kappa shape index (κ2) is 4.50. The number of alkyl halides is 3. The molecular formula is C12H11F3N2O. The fourth-order valence-corrected chi connectivity index (χ4v) is 2.04. The highest BCUT2D eigenvalue weighted by molar-refractivity contribution is 5.55. The van der Waals surface area contributed by atoms with Gasteiger partial charge in [0.15, 0.2) is 0 Å². The second-order valence-electron chi connectivity index (χ2n) is 4.23. The lowest BCUT2D eigenvalue weighted by atomic mass is 10.1. The number of rotatable bonds is 1. The van der Waals surface area contributed by atoms with Crippen molar-refractivity contribution in [1.29, 1.82) is 5.26 Å². The Balaban J connectivity index is 2.38. The van der Waals surface area contributed by atoms with Crippen LogP contribution in [0.2, 0.25) is 0 Å². The number of nitriles is 1. The molecule has 0 aromatic heterocycles. The predicted molar refractivity (Wildman–Crippen MR) is 59.0 cm³/mol. The van der Waals surface area contributed by atoms with Gasteiger partial charge in [0.25, 0.3) is 0 Å². The van der Waals surface area contributed by atoms with E-state index in [-0.39, 0.29) is 5.56 Å². The molecule has 1 aliphatic heterocycles. The molecule has 2 rings (SSSR count). The van der Waals surface area contributed by atoms with Gasteiger partial charge in [-0.3, -0.25) is 0 Å². The van der Waals surface area contributed by atoms with E-state index in [0.717, 1.165) is 6.07 Å². The van der Waals surface area contributed by atoms with Gasteiger partial charge >= 0.3 is 6.18 Å². The molecule has 1 atom stereocenters. The van der Waals surface area contributed by atoms with Crippen molar-refractivity contribution in [2.24, 2.45) is 0 Å². The third kappa shape index (κ3) is 2.41. The van der Waals surface area contributed by atoms with Gasteiger partial charge in [-0.1, -0.05) is 0 Å². The van der Waals surface area contributed by atoms with E-state index in [9.17, 15) is 18.3 Å². The number of hydrogen-bond donors (Lipinski definition) is 1. The van der Waals surface area contributed by atoms with Crippen LogP contribution in [0.4, 0.5) is 18.9 Å². The Morgan fingerprint density at radius 3 is 2.61 bits per heavy atom. The van der Waals surface area contributed by atoms with Gasteiger partial charge in [-0.25, -0.2) is 0 Å². The molecule has 3 nitrogen and oxygen atoms in total. The Bertz CT molecular complexity index is 493. The van der Waals surface area contributed by atoms with Gasteiger partial charge in [0, 0.05) is 18.8 Å². The van der Waals surface area contributed by atoms with E-state index in [1.165, 1.54) is 12.1 Å². The first-order chi connectivity index (χ1) is 8.41. The molecule has 1 heterocycles. The average Bonchev–Trinajstić information content (AvgIpc) is 2.74. The fraction of sp³-hybridized carbons (Fsp3) is 0.417. The number of aliphatic hydroxyl groups is 1. The Morgan fingerprint density at radius 1 is 1.39 bits per heavy atom. The minimum Gasteiger partial charge on any atom is -0.391 e. The van der Waals surface area contributed by atoms with Crippen LogP contribution in [0, 0.1) is 11.3 Å². The average molecular weight is 256 g/mol. The minimum atomic E-state index is -4.54. The van der Waals surface area contributed by atoms with Crippen molar-refractivity contribution in [2.75, 3.05) is 18.0 Å². The topological polar surface area (TPSA) is 47.3 Å². The number of benzene rings is 1. The number of β-amino-alcohol motifs (C(OH)–C–C–N with tert-alkyl or cyclic N) is 1. The molecule has 0 amide bonds. The first-order valence-corrected chi connectivity index (χ1v) is 5.46. The lowest BCUT2D eigenvalue weighted by molar-refractivity contribution is -0.137. The maximum Gasteiger partial charge on any atom is 0.417 e. The highest BCUT2D eigenvalue weighted by Gasteiger charge is 2.34. The van der Waals surface area contributed by atoms with Crippen molar-refractivity contribution >= 4 is 5.69 Å². The van der Waals surface area contributed by atoms with Gasteiger partial charge in [0.2, 0.25) is 0 Å². The number of anilines is 1. The Hall–Kier alpha value is -1.74. The highest BCUT2D eigenvalue weighted by Crippen LogP contribution is 2.35. The lowest BCUT2D eigenvalue weighted by Gasteiger charge is -2.19. The molecule has 1 aliphatic rings. The van der Waals surface area contributed by atoms with Gasteiger partial charge in [-0.05, 0) is 24.6 Å². The maximum absolute atomic E-state index is 12.8. The summed E-state index contributed by atoms with van der Waals surface area (Å²) in [7, 11) is 0. The van der Waals surface area contributed by atoms with Crippen LogP contribution in [0.25, 0.3) is 0 Å². The molecule has 0 bridgehead atoms. The van der Waals surface area contributed by atoms with Crippen molar-refractivity contribution in [3.8, 4) is 6.07 Å². The van der Waals surface area contributed by atoms with Gasteiger partial charge in [0.1, 0.15) is 0 Å². The van der Waals surface area contributed by atoms with Gasteiger partial charge in [-0.15, -0.1) is 0 Å². The largest absolute Gasteiger partial charge is 0.417 e. The Labute approximate surface area is 102 Å². The minimum absolute atomic E-state index is 0.323. The molecule has 1 saturated heterocycles. The molecule has 1 aromatic rings. The van der Waals surface area contributed by atoms with Gasteiger partial charge < -0.3 is 10.0 Å². The van der Waals surface area contributed by atoms with Crippen molar-refractivity contribution in [2.45, 2.75) is 18.7 Å². The summed E-state index contributed by atoms with van der Waals surface area (Å²) in [5.41, 5.74) is -0.923. The number of nitrogens with zero attached hydrogens (tertiary/aromatic N) is 2. The number of aliphatic hydroxyl groups excluding tert-OH is 1. The second-order valence-corrected chi connectivity index (χ2v) is 4.23. The van der Waals surface area contributed by atoms with Crippen LogP contribution < -0.4 is 4.90 Å². The molecule has 1 N–H and O–H groups in total. The molecule has 96 valence electrons. The molecule has 0 spiro atoms. The Morgan fingerprint density at radius 2 is 2.11 bits per heavy atom. The molecule has 6 heteroatoms. The van der Waals surface area contributed by atoms with E-state index < -0.39 is 17.8 Å². The molecule has 0 saturated carbocycles. The zero-order valence-corrected chi connectivity index (χ0v) is 9.41. The van der Waals surface area contributed by atoms with Crippen molar-refractivity contribution < 1.29 is 18.3 Å². The first-order valence-electron chi connectivity index (χ1n) is 5.46. The molecule has 0 aliphatic carbocycles. The lowest BCUT2D eigenvalue weighted by Crippen LogP contribution is -2.22. The summed E-state index contributed by atoms with van der Waals surface area (Å²) in [6, 6.07) is 5.16. The monoisotopic (exact) mass is 256 g/mol. The maximum atomic E-state index is 12.8. The summed E-state index contributed by atoms with van der Waals surface area (Å²) < 4.78 is 38.3. The van der Waals surface area contributed by atoms with E-state index in [0.29, 0.717) is 25.2 Å². The normalized spacial score (nSPS) is 19.9. The van der Waals surface area contributed by atoms with E-state index in [4.69, 9.17) is 5.26 Å². The van der Waals surface area contributed by atoms with E-state index in [1.54, 1.807) is 11.0 Å². The molecule has 1 aromatic carbocycles. The summed E-state index contributed by atoms with van der Waals surface area (Å²) in [5, 5.41) is 18.1. The van der Waals surface area contributed by atoms with Crippen LogP contribution in [0.15, 0.2) is 18.2 Å². The van der Waals surface area contributed by atoms with E-state index in [1.807, 2.05) is 0 Å². The quantitative estimate of drug-likeness (QED) is 0.837. The van der Waals surface area contributed by atoms with Crippen molar-refractivity contribution in [3.63, 3.8) is 0 Å². The molecule has 1 unspecified atom stereocenters. The van der Waals surface area contributed by atoms with Crippen LogP contribution in [-0.2, 0) is 6.18 Å². The third-order valence-corrected chi connectivity index (χ3v) is 2.96. The predicted octanol–water partition coefficient (Wildman–Crippen LogP) is 2.15. The SMILES string of the molecule is N#Cc1ccc(N2CCC(O)C2)cc1C(F)(F)F. The van der Waals surface area contributed by atoms with Crippen LogP contribution >= 0.6 is 0 Å². The summed E-state index contributed by atoms with van der Waals surface area (Å²) >= 11 is 0. The molecule has 0 radical (unpaired) electrons. The standard InChI is InChI=1S/C12H11F3N2O/c13-12(14,15)11-5-9(2-1-8(11)6-16)17-4-3-10(18)7-17/h1-2,5,10,18H,3-4,7H2. The van der Waals surface area contributed by atoms with Gasteiger partial charge in [-0.2, -0.15) is 18.4 Å². The van der Waals surface area contributed by atoms with Crippen LogP contribution in [0.5, 0.6) is 0 Å². The van der Waals surface area contributed by atoms with Crippen LogP contribution in [0.1, 0.15) is 17.5 Å². The first kappa shape index (κ1) is 12.7. The van der Waals surface area contributed by atoms with E-state index >= 15 is 0 Å². The van der Waals surface area contributed by atoms with Crippen LogP contribution in [-0.4, -0.2) is 24.3 Å². The number of halogens is 3. The van der Waals surface area contributed by atoms with Gasteiger partial charge in [0.05, 0.1) is 23.3 Å². The molecule has 1 fully saturated rings. The molecule has 18 heavy (non-hydrogen) atoms. The van der Waals surface area contributed by atoms with E-state index in [2.05, 4.69) is 0 Å².